The van der Waals surface area contributed by atoms with E-state index in [1.54, 1.807) is 12.1 Å². The molecule has 0 aliphatic rings. The van der Waals surface area contributed by atoms with Crippen LogP contribution in [0.3, 0.4) is 0 Å². The molecule has 0 aromatic heterocycles. The highest BCUT2D eigenvalue weighted by molar-refractivity contribution is 6.32. The van der Waals surface area contributed by atoms with Crippen LogP contribution < -0.4 is 0 Å². The van der Waals surface area contributed by atoms with Gasteiger partial charge in [-0.3, -0.25) is 19.2 Å². The molecule has 0 saturated carbocycles. The van der Waals surface area contributed by atoms with Gasteiger partial charge in [-0.15, -0.1) is 0 Å². The lowest BCUT2D eigenvalue weighted by Crippen LogP contribution is -2.18. The zero-order valence-electron chi connectivity index (χ0n) is 72.6. The van der Waals surface area contributed by atoms with Crippen molar-refractivity contribution in [1.29, 1.82) is 0 Å². The fourth-order valence-corrected chi connectivity index (χ4v) is 6.15. The number of carbonyl (C=O) groups excluding carboxylic acids is 4. The molecule has 4 aromatic carbocycles. The van der Waals surface area contributed by atoms with Gasteiger partial charge in [0, 0.05) is 104 Å². The Morgan fingerprint density at radius 1 is 0.469 bits per heavy atom. The predicted octanol–water partition coefficient (Wildman–Crippen LogP) is 18.4. The van der Waals surface area contributed by atoms with E-state index in [0.29, 0.717) is 5.02 Å². The molecule has 0 unspecified atom stereocenters. The Kier molecular flexibility index (Phi) is 9.46. The first-order valence-corrected chi connectivity index (χ1v) is 20.6. The zero-order valence-corrected chi connectivity index (χ0v) is 39.6. The number of halogens is 4. The molecule has 0 N–H and O–H groups in total. The molecule has 0 aliphatic carbocycles. The first kappa shape index (κ1) is 23.1. The summed E-state index contributed by atoms with van der Waals surface area (Å²) in [5, 5.41) is -0.490. The van der Waals surface area contributed by atoms with E-state index in [1.165, 1.54) is 50.2 Å². The normalized spacial score (nSPS) is 25.3. The Balaban J connectivity index is 0.000000672. The second kappa shape index (κ2) is 26.2. The quantitative estimate of drug-likeness (QED) is 0.133. The maximum Gasteiger partial charge on any atom is 0.165 e. The summed E-state index contributed by atoms with van der Waals surface area (Å²) in [4.78, 5) is 50.8. The second-order valence-corrected chi connectivity index (χ2v) is 17.9. The molecule has 8 heteroatoms. The van der Waals surface area contributed by atoms with Crippen molar-refractivity contribution >= 4 is 69.5 Å². The summed E-state index contributed by atoms with van der Waals surface area (Å²) < 4.78 is 277. The van der Waals surface area contributed by atoms with Crippen LogP contribution in [-0.2, 0) is 0 Å². The van der Waals surface area contributed by atoms with Gasteiger partial charge >= 0.3 is 0 Å². The molecule has 352 valence electrons. The fourth-order valence-electron chi connectivity index (χ4n) is 5.49. The molecule has 64 heavy (non-hydrogen) atoms. The van der Waals surface area contributed by atoms with Crippen molar-refractivity contribution in [2.45, 2.75) is 136 Å². The lowest BCUT2D eigenvalue weighted by atomic mass is 9.82. The van der Waals surface area contributed by atoms with E-state index in [4.69, 9.17) is 95.8 Å². The maximum atomic E-state index is 13.0. The number of rotatable bonds is 12. The van der Waals surface area contributed by atoms with Crippen LogP contribution in [0, 0.1) is 45.2 Å². The summed E-state index contributed by atoms with van der Waals surface area (Å²) in [6.07, 6.45) is -3.06. The first-order valence-electron chi connectivity index (χ1n) is 37.0. The summed E-state index contributed by atoms with van der Waals surface area (Å²) in [6.45, 7) is -15.8. The molecule has 0 spiro atoms. The second-order valence-electron chi connectivity index (χ2n) is 16.2. The number of hydrogen-bond donors (Lipinski definition) is 0. The number of benzene rings is 4. The van der Waals surface area contributed by atoms with Crippen molar-refractivity contribution in [1.82, 2.24) is 0 Å². The molecule has 0 heterocycles. The van der Waals surface area contributed by atoms with Gasteiger partial charge in [0.2, 0.25) is 0 Å². The Hall–Kier alpha value is -3.28. The minimum Gasteiger partial charge on any atom is -0.294 e. The highest BCUT2D eigenvalue weighted by atomic mass is 35.5. The van der Waals surface area contributed by atoms with Crippen molar-refractivity contribution in [2.24, 2.45) is 45.2 Å². The molecule has 0 radical (unpaired) electrons. The number of carbonyl (C=O) groups is 4. The molecule has 4 atom stereocenters. The molecular weight excluding hydrogens is 878 g/mol. The molecular formula is C56H76Cl4O4. The van der Waals surface area contributed by atoms with E-state index < -0.39 is 196 Å². The van der Waals surface area contributed by atoms with E-state index in [2.05, 4.69) is 0 Å². The summed E-state index contributed by atoms with van der Waals surface area (Å²) in [7, 11) is 0. The van der Waals surface area contributed by atoms with Gasteiger partial charge in [-0.2, -0.15) is 0 Å². The molecule has 0 bridgehead atoms. The van der Waals surface area contributed by atoms with Crippen LogP contribution in [0.2, 0.25) is 20.1 Å². The lowest BCUT2D eigenvalue weighted by molar-refractivity contribution is 0.0891. The molecule has 4 rings (SSSR count). The standard InChI is InChI=1S/4C14H19ClO/c4*1-10(9-14(2,3)4)13(16)11-6-5-7-12(15)8-11/h4*5-8,10H,9H2,1-4H3/t4*10-/m1111/s1/i2D3,3D3,4D3,5D,6D,7D,8D,10D;5D,6D,7D,8D,10D;2D3,3D3,4D3,10D;2D3,3D3,10D. The maximum absolute atomic E-state index is 13.0. The van der Waals surface area contributed by atoms with E-state index in [0.717, 1.165) is 20.8 Å². The smallest absolute Gasteiger partial charge is 0.165 e. The fraction of sp³-hybridized carbons (Fsp3) is 0.500. The van der Waals surface area contributed by atoms with Gasteiger partial charge in [0.05, 0.1) is 11.0 Å². The average Bonchev–Trinajstić information content (AvgIpc) is 0.720. The van der Waals surface area contributed by atoms with Crippen molar-refractivity contribution in [3.05, 3.63) is 139 Å². The van der Waals surface area contributed by atoms with Crippen LogP contribution in [0.25, 0.3) is 0 Å². The van der Waals surface area contributed by atoms with E-state index >= 15 is 0 Å². The van der Waals surface area contributed by atoms with Gasteiger partial charge < -0.3 is 0 Å². The number of Topliss-reactive ketones (excluding diaryl/α,β-unsaturated/α-hetero) is 4. The molecule has 4 nitrogen and oxygen atoms in total. The van der Waals surface area contributed by atoms with Crippen LogP contribution in [0.1, 0.15) is 227 Å². The third-order valence-corrected chi connectivity index (χ3v) is 8.69. The van der Waals surface area contributed by atoms with Gasteiger partial charge in [0.15, 0.2) is 23.1 Å². The number of hydrogen-bond acceptors (Lipinski definition) is 4. The zero-order chi connectivity index (χ0) is 80.0. The molecule has 4 aromatic rings. The average molecular weight is 991 g/mol. The van der Waals surface area contributed by atoms with Crippen LogP contribution in [0.5, 0.6) is 0 Å². The van der Waals surface area contributed by atoms with E-state index in [1.807, 2.05) is 20.8 Å². The van der Waals surface area contributed by atoms with E-state index in [-0.39, 0.29) is 38.6 Å². The van der Waals surface area contributed by atoms with Crippen molar-refractivity contribution in [3.63, 3.8) is 0 Å². The largest absolute Gasteiger partial charge is 0.294 e. The van der Waals surface area contributed by atoms with Crippen molar-refractivity contribution in [2.75, 3.05) is 0 Å². The van der Waals surface area contributed by atoms with Gasteiger partial charge in [-0.25, -0.2) is 0 Å². The van der Waals surface area contributed by atoms with Gasteiger partial charge in [0.25, 0.3) is 0 Å². The Morgan fingerprint density at radius 2 is 0.766 bits per heavy atom. The first-order chi connectivity index (χ1) is 43.8. The van der Waals surface area contributed by atoms with Crippen LogP contribution in [0.4, 0.5) is 0 Å². The van der Waals surface area contributed by atoms with Gasteiger partial charge in [-0.1, -0.05) is 205 Å². The summed E-state index contributed by atoms with van der Waals surface area (Å²) in [5.41, 5.74) is -10.3. The molecule has 0 amide bonds. The van der Waals surface area contributed by atoms with Crippen LogP contribution in [0.15, 0.2) is 96.9 Å². The lowest BCUT2D eigenvalue weighted by Gasteiger charge is -2.22. The van der Waals surface area contributed by atoms with E-state index in [9.17, 15) is 19.2 Å². The molecule has 0 saturated heterocycles. The number of ketones is 4. The molecule has 0 aliphatic heterocycles. The molecule has 0 fully saturated rings. The summed E-state index contributed by atoms with van der Waals surface area (Å²) in [5.74, 6) is -12.2. The van der Waals surface area contributed by atoms with Crippen molar-refractivity contribution in [3.8, 4) is 0 Å². The Labute approximate surface area is 458 Å². The van der Waals surface area contributed by atoms with Crippen LogP contribution >= 0.6 is 46.4 Å². The predicted molar refractivity (Wildman–Crippen MR) is 276 cm³/mol. The third-order valence-electron chi connectivity index (χ3n) is 7.84. The topological polar surface area (TPSA) is 68.3 Å². The minimum atomic E-state index is -3.64. The summed E-state index contributed by atoms with van der Waals surface area (Å²) >= 11 is 23.2. The third kappa shape index (κ3) is 24.9. The Bertz CT molecular complexity index is 3490. The highest BCUT2D eigenvalue weighted by Gasteiger charge is 2.25. The van der Waals surface area contributed by atoms with Crippen molar-refractivity contribution < 1.29 is 68.5 Å². The van der Waals surface area contributed by atoms with Gasteiger partial charge in [0.1, 0.15) is 0 Å². The monoisotopic (exact) mass is 989 g/mol. The van der Waals surface area contributed by atoms with Crippen LogP contribution in [-0.4, -0.2) is 23.1 Å². The Morgan fingerprint density at radius 3 is 1.06 bits per heavy atom. The highest BCUT2D eigenvalue weighted by Crippen LogP contribution is 2.30. The summed E-state index contributed by atoms with van der Waals surface area (Å²) in [6, 6.07) is 6.22. The van der Waals surface area contributed by atoms with Gasteiger partial charge in [-0.05, 0) is 95.8 Å². The minimum absolute atomic E-state index is 0.0366. The SMILES string of the molecule is [2H]C([2H])([2H])C(C)(C[C@@]([2H])(C)C(=O)c1cccc(Cl)c1)C([2H])([2H])[2H].[2H]C([2H])([2H])C(C[C@@]([2H])(C)C(=O)c1cccc(Cl)c1)(C([2H])([2H])[2H])C([2H])([2H])[2H].[2H]c1c([2H])c(Cl)c([2H])c(C(=O)[C@]([2H])(C)CC(C([2H])([2H])[2H])(C([2H])([2H])[2H])C([2H])([2H])[2H])c1[2H].[2H]c1c([2H])c(Cl)c([2H])c(C(=O)[C@]([2H])(C)CC(C)(C)C)c1[2H].